The third-order valence-electron chi connectivity index (χ3n) is 28.0. The van der Waals surface area contributed by atoms with E-state index >= 15 is 0 Å². The molecule has 0 bridgehead atoms. The van der Waals surface area contributed by atoms with E-state index in [0.717, 1.165) is 133 Å². The molecule has 0 amide bonds. The lowest BCUT2D eigenvalue weighted by atomic mass is 10.0. The minimum atomic E-state index is 0.664. The molecule has 31 aromatic rings. The highest BCUT2D eigenvalue weighted by atomic mass is 15.2. The van der Waals surface area contributed by atoms with E-state index in [-0.39, 0.29) is 0 Å². The Morgan fingerprint density at radius 1 is 0.160 bits per heavy atom. The number of fused-ring (bicyclic) bond motifs is 21. The number of para-hydroxylation sites is 11. The molecule has 13 aromatic heterocycles. The van der Waals surface area contributed by atoms with Crippen molar-refractivity contribution in [3.05, 3.63) is 492 Å². The van der Waals surface area contributed by atoms with Gasteiger partial charge in [-0.1, -0.05) is 267 Å². The summed E-state index contributed by atoms with van der Waals surface area (Å²) in [6, 6.07) is 155. The van der Waals surface area contributed by atoms with Gasteiger partial charge in [0.2, 0.25) is 23.8 Å². The van der Waals surface area contributed by atoms with Gasteiger partial charge in [0.15, 0.2) is 0 Å². The van der Waals surface area contributed by atoms with Gasteiger partial charge in [-0.25, -0.2) is 39.9 Å². The van der Waals surface area contributed by atoms with Crippen LogP contribution in [0.4, 0.5) is 0 Å². The molecular weight excluding hydrogens is 1760 g/mol. The molecule has 0 N–H and O–H groups in total. The van der Waals surface area contributed by atoms with Crippen LogP contribution in [0.3, 0.4) is 0 Å². The van der Waals surface area contributed by atoms with Crippen LogP contribution in [0.5, 0.6) is 0 Å². The zero-order valence-corrected chi connectivity index (χ0v) is 77.4. The standard InChI is InChI=1S/C38H24N4.C34H22N4.C28H18N4.C27H17N5/c1-2-12-29(13-3-1)41-21-20-27-23-36-32(24-35(27)41)30-14-7-9-17-34(30)42(36)38-39-33-16-8-6-15-31(33)37(40-38)28-19-18-25-10-4-5-11-26(25)22-28;1-3-11-23(12-4-1)33-27-16-7-9-17-29(27)35-34(36-33)38-30-18-10-8-15-26(30)28-22-31-24(21-32(28)38)19-20-37(31)25-13-5-2-6-14-25;1-2-9-21(10-3-1)31-15-14-19-16-27-23(17-26(19)31)22-11-5-7-13-25(22)32(27)28-29-18-20-8-4-6-12-24(20)30-28;1-2-6-20(7-3-1)31-13-11-18-14-26-22(15-25(18)31)21-8-4-5-9-24(21)32(26)27-29-17-19-16-28-12-10-23(19)30-27/h1-24H;1-22H;1-18H;1-17H. The molecule has 0 spiro atoms. The van der Waals surface area contributed by atoms with Gasteiger partial charge in [0, 0.05) is 170 Å². The quantitative estimate of drug-likeness (QED) is 0.130. The van der Waals surface area contributed by atoms with E-state index in [1.165, 1.54) is 97.5 Å². The maximum absolute atomic E-state index is 5.30. The van der Waals surface area contributed by atoms with Crippen LogP contribution in [0, 0.1) is 0 Å². The molecule has 17 nitrogen and oxygen atoms in total. The highest BCUT2D eigenvalue weighted by Gasteiger charge is 2.25. The molecule has 17 heteroatoms. The van der Waals surface area contributed by atoms with Crippen LogP contribution in [-0.2, 0) is 0 Å². The van der Waals surface area contributed by atoms with Gasteiger partial charge in [0.1, 0.15) is 0 Å². The van der Waals surface area contributed by atoms with E-state index in [2.05, 4.69) is 441 Å². The van der Waals surface area contributed by atoms with Crippen molar-refractivity contribution in [3.63, 3.8) is 0 Å². The third kappa shape index (κ3) is 14.0. The molecule has 18 aromatic carbocycles. The Labute approximate surface area is 822 Å². The molecule has 0 saturated heterocycles. The fourth-order valence-corrected chi connectivity index (χ4v) is 21.2. The highest BCUT2D eigenvalue weighted by Crippen LogP contribution is 2.44. The lowest BCUT2D eigenvalue weighted by Gasteiger charge is -2.12. The number of hydrogen-bond acceptors (Lipinski definition) is 9. The molecule has 0 saturated carbocycles. The summed E-state index contributed by atoms with van der Waals surface area (Å²) in [5, 5.41) is 20.7. The van der Waals surface area contributed by atoms with Crippen molar-refractivity contribution in [2.45, 2.75) is 0 Å². The number of rotatable bonds is 10. The minimum Gasteiger partial charge on any atom is -0.317 e. The van der Waals surface area contributed by atoms with Crippen molar-refractivity contribution in [2.75, 3.05) is 0 Å². The van der Waals surface area contributed by atoms with Gasteiger partial charge >= 0.3 is 0 Å². The summed E-state index contributed by atoms with van der Waals surface area (Å²) < 4.78 is 17.8. The van der Waals surface area contributed by atoms with Crippen molar-refractivity contribution in [1.82, 2.24) is 81.4 Å². The van der Waals surface area contributed by atoms with E-state index in [0.29, 0.717) is 23.8 Å². The van der Waals surface area contributed by atoms with Gasteiger partial charge < -0.3 is 18.3 Å². The summed E-state index contributed by atoms with van der Waals surface area (Å²) in [6.07, 6.45) is 15.9. The average Bonchev–Trinajstić information content (AvgIpc) is 1.58. The second-order valence-electron chi connectivity index (χ2n) is 36.2. The second kappa shape index (κ2) is 34.1. The number of pyridine rings is 1. The van der Waals surface area contributed by atoms with Crippen LogP contribution in [0.1, 0.15) is 0 Å². The van der Waals surface area contributed by atoms with E-state index in [9.17, 15) is 0 Å². The average molecular weight is 1850 g/mol. The predicted molar refractivity (Wildman–Crippen MR) is 589 cm³/mol. The number of hydrogen-bond donors (Lipinski definition) is 0. The summed E-state index contributed by atoms with van der Waals surface area (Å²) in [4.78, 5) is 44.1. The van der Waals surface area contributed by atoms with Gasteiger partial charge in [-0.3, -0.25) is 23.3 Å². The number of nitrogens with zero attached hydrogens (tertiary/aromatic N) is 17. The Balaban J connectivity index is 0.0000000939. The van der Waals surface area contributed by atoms with E-state index in [1.54, 1.807) is 12.4 Å². The first-order valence-corrected chi connectivity index (χ1v) is 48.2. The first-order valence-electron chi connectivity index (χ1n) is 48.2. The number of benzene rings is 18. The molecule has 144 heavy (non-hydrogen) atoms. The Hall–Kier alpha value is -19.9. The molecule has 674 valence electrons. The first kappa shape index (κ1) is 82.4. The van der Waals surface area contributed by atoms with Crippen molar-refractivity contribution >= 4 is 185 Å². The van der Waals surface area contributed by atoms with Crippen LogP contribution < -0.4 is 0 Å². The molecule has 0 radical (unpaired) electrons. The second-order valence-corrected chi connectivity index (χ2v) is 36.2. The van der Waals surface area contributed by atoms with Crippen molar-refractivity contribution in [3.8, 4) is 69.1 Å². The first-order chi connectivity index (χ1) is 71.4. The topological polar surface area (TPSA) is 155 Å². The van der Waals surface area contributed by atoms with Crippen LogP contribution in [0.2, 0.25) is 0 Å². The Morgan fingerprint density at radius 3 is 0.868 bits per heavy atom. The van der Waals surface area contributed by atoms with E-state index in [1.807, 2.05) is 85.2 Å². The van der Waals surface area contributed by atoms with Gasteiger partial charge in [-0.05, 0) is 187 Å². The number of aromatic nitrogens is 17. The SMILES string of the molecule is c1ccc(-c2nc(-n3c4ccccc4c4cc5c(ccn5-c5ccccc5)cc43)nc3ccccc23)cc1.c1ccc(-n2ccc3cc4c(cc32)c2ccccc2n4-c2nc(-c3ccc4ccccc4c3)c3ccccc3n2)cc1.c1ccc(-n2ccc3cc4c(cc32)c2ccccc2n4-c2ncc3ccccc3n2)cc1.c1ccc(-n2ccc3cc4c(cc32)c2ccccc2n4-c2ncc3cnccc3n2)cc1. The molecule has 0 aliphatic rings. The Morgan fingerprint density at radius 2 is 0.465 bits per heavy atom. The zero-order valence-electron chi connectivity index (χ0n) is 77.4. The molecule has 0 aliphatic heterocycles. The van der Waals surface area contributed by atoms with Crippen LogP contribution in [0.25, 0.3) is 254 Å². The summed E-state index contributed by atoms with van der Waals surface area (Å²) >= 11 is 0. The lowest BCUT2D eigenvalue weighted by Crippen LogP contribution is -2.03. The molecule has 31 rings (SSSR count). The van der Waals surface area contributed by atoms with Gasteiger partial charge in [0.05, 0.1) is 99.7 Å². The van der Waals surface area contributed by atoms with Crippen molar-refractivity contribution < 1.29 is 0 Å². The minimum absolute atomic E-state index is 0.664. The lowest BCUT2D eigenvalue weighted by molar-refractivity contribution is 1.01. The molecule has 0 atom stereocenters. The third-order valence-corrected chi connectivity index (χ3v) is 28.0. The van der Waals surface area contributed by atoms with E-state index in [4.69, 9.17) is 34.9 Å². The van der Waals surface area contributed by atoms with Crippen molar-refractivity contribution in [2.24, 2.45) is 0 Å². The van der Waals surface area contributed by atoms with Gasteiger partial charge in [0.25, 0.3) is 0 Å². The van der Waals surface area contributed by atoms with Gasteiger partial charge in [-0.2, -0.15) is 0 Å². The summed E-state index contributed by atoms with van der Waals surface area (Å²) in [7, 11) is 0. The van der Waals surface area contributed by atoms with E-state index < -0.39 is 0 Å². The molecule has 0 unspecified atom stereocenters. The zero-order chi connectivity index (χ0) is 94.8. The summed E-state index contributed by atoms with van der Waals surface area (Å²) in [6.45, 7) is 0. The molecular formula is C127H81N17. The normalized spacial score (nSPS) is 11.8. The predicted octanol–water partition coefficient (Wildman–Crippen LogP) is 30.6. The smallest absolute Gasteiger partial charge is 0.235 e. The molecule has 0 fully saturated rings. The Kier molecular flexibility index (Phi) is 19.5. The van der Waals surface area contributed by atoms with Crippen LogP contribution in [0.15, 0.2) is 492 Å². The van der Waals surface area contributed by atoms with Crippen molar-refractivity contribution in [1.29, 1.82) is 0 Å². The summed E-state index contributed by atoms with van der Waals surface area (Å²) in [5.74, 6) is 2.70. The van der Waals surface area contributed by atoms with Crippen LogP contribution in [-0.4, -0.2) is 81.4 Å². The maximum atomic E-state index is 5.30. The molecule has 13 heterocycles. The highest BCUT2D eigenvalue weighted by molar-refractivity contribution is 6.18. The Bertz CT molecular complexity index is 10200. The van der Waals surface area contributed by atoms with Gasteiger partial charge in [-0.15, -0.1) is 0 Å². The fourth-order valence-electron chi connectivity index (χ4n) is 21.2. The monoisotopic (exact) mass is 1840 g/mol. The maximum Gasteiger partial charge on any atom is 0.235 e. The van der Waals surface area contributed by atoms with Crippen LogP contribution >= 0.6 is 0 Å². The fraction of sp³-hybridized carbons (Fsp3) is 0. The largest absolute Gasteiger partial charge is 0.317 e. The summed E-state index contributed by atoms with van der Waals surface area (Å²) in [5.41, 5.74) is 25.8. The molecule has 0 aliphatic carbocycles.